The smallest absolute Gasteiger partial charge is 0.410 e. The molecular formula is C13H23NO4. The molecule has 0 saturated carbocycles. The molecule has 2 aliphatic rings. The zero-order valence-corrected chi connectivity index (χ0v) is 11.5. The van der Waals surface area contributed by atoms with Gasteiger partial charge < -0.3 is 19.1 Å². The number of rotatable bonds is 0. The number of nitrogens with zero attached hydrogens (tertiary/aromatic N) is 1. The molecule has 0 aromatic rings. The second kappa shape index (κ2) is 5.05. The molecule has 0 N–H and O–H groups in total. The van der Waals surface area contributed by atoms with Crippen molar-refractivity contribution in [2.24, 2.45) is 0 Å². The molecule has 0 aliphatic carbocycles. The number of ether oxygens (including phenoxy) is 3. The second-order valence-electron chi connectivity index (χ2n) is 6.05. The van der Waals surface area contributed by atoms with Crippen LogP contribution in [0.1, 0.15) is 33.6 Å². The summed E-state index contributed by atoms with van der Waals surface area (Å²) in [6.07, 6.45) is 1.42. The summed E-state index contributed by atoms with van der Waals surface area (Å²) in [5.74, 6) is 0. The van der Waals surface area contributed by atoms with Crippen LogP contribution in [0.4, 0.5) is 4.79 Å². The van der Waals surface area contributed by atoms with E-state index < -0.39 is 5.60 Å². The predicted molar refractivity (Wildman–Crippen MR) is 66.5 cm³/mol. The molecule has 5 nitrogen and oxygen atoms in total. The van der Waals surface area contributed by atoms with Crippen molar-refractivity contribution in [3.63, 3.8) is 0 Å². The van der Waals surface area contributed by atoms with E-state index in [0.717, 1.165) is 12.8 Å². The van der Waals surface area contributed by atoms with Gasteiger partial charge in [0.1, 0.15) is 5.60 Å². The first-order chi connectivity index (χ1) is 8.40. The van der Waals surface area contributed by atoms with Crippen LogP contribution in [-0.4, -0.2) is 55.1 Å². The van der Waals surface area contributed by atoms with Crippen LogP contribution in [0.5, 0.6) is 0 Å². The number of carbonyl (C=O) groups excluding carboxylic acids is 1. The van der Waals surface area contributed by atoms with E-state index in [2.05, 4.69) is 0 Å². The van der Waals surface area contributed by atoms with Crippen molar-refractivity contribution >= 4 is 6.09 Å². The lowest BCUT2D eigenvalue weighted by Gasteiger charge is -2.43. The van der Waals surface area contributed by atoms with Gasteiger partial charge in [0.25, 0.3) is 0 Å². The molecule has 0 radical (unpaired) electrons. The van der Waals surface area contributed by atoms with E-state index in [9.17, 15) is 4.79 Å². The number of piperidine rings is 1. The summed E-state index contributed by atoms with van der Waals surface area (Å²) in [7, 11) is 0. The Balaban J connectivity index is 1.84. The first kappa shape index (κ1) is 13.6. The largest absolute Gasteiger partial charge is 0.444 e. The van der Waals surface area contributed by atoms with Gasteiger partial charge in [0.15, 0.2) is 0 Å². The van der Waals surface area contributed by atoms with E-state index in [1.165, 1.54) is 0 Å². The molecule has 2 aliphatic heterocycles. The maximum atomic E-state index is 11.9. The van der Waals surface area contributed by atoms with E-state index in [4.69, 9.17) is 14.2 Å². The summed E-state index contributed by atoms with van der Waals surface area (Å²) in [5, 5.41) is 0. The first-order valence-corrected chi connectivity index (χ1v) is 6.60. The van der Waals surface area contributed by atoms with Gasteiger partial charge in [-0.2, -0.15) is 0 Å². The van der Waals surface area contributed by atoms with Crippen LogP contribution < -0.4 is 0 Å². The van der Waals surface area contributed by atoms with Crippen molar-refractivity contribution in [2.45, 2.75) is 44.8 Å². The highest BCUT2D eigenvalue weighted by Crippen LogP contribution is 2.29. The highest BCUT2D eigenvalue weighted by Gasteiger charge is 2.39. The molecule has 5 heteroatoms. The summed E-state index contributed by atoms with van der Waals surface area (Å²) in [6.45, 7) is 8.99. The molecule has 0 bridgehead atoms. The molecule has 0 aromatic carbocycles. The summed E-state index contributed by atoms with van der Waals surface area (Å²) >= 11 is 0. The van der Waals surface area contributed by atoms with Crippen LogP contribution in [0.25, 0.3) is 0 Å². The molecule has 0 atom stereocenters. The van der Waals surface area contributed by atoms with Crippen LogP contribution in [0.2, 0.25) is 0 Å². The fourth-order valence-electron chi connectivity index (χ4n) is 2.33. The summed E-state index contributed by atoms with van der Waals surface area (Å²) in [5.41, 5.74) is -0.604. The first-order valence-electron chi connectivity index (χ1n) is 6.60. The number of amides is 1. The normalized spacial score (nSPS) is 24.1. The monoisotopic (exact) mass is 257 g/mol. The van der Waals surface area contributed by atoms with Crippen molar-refractivity contribution in [1.29, 1.82) is 0 Å². The van der Waals surface area contributed by atoms with E-state index in [1.54, 1.807) is 4.90 Å². The lowest BCUT2D eigenvalue weighted by atomic mass is 9.91. The molecule has 2 rings (SSSR count). The quantitative estimate of drug-likeness (QED) is 0.664. The SMILES string of the molecule is CC(C)(C)OC(=O)N1CCC2(CC1)COCCO2. The number of likely N-dealkylation sites (tertiary alicyclic amines) is 1. The third-order valence-electron chi connectivity index (χ3n) is 3.33. The Morgan fingerprint density at radius 3 is 2.39 bits per heavy atom. The minimum absolute atomic E-state index is 0.170. The molecule has 2 heterocycles. The van der Waals surface area contributed by atoms with Crippen LogP contribution in [0.3, 0.4) is 0 Å². The van der Waals surface area contributed by atoms with Crippen LogP contribution in [0, 0.1) is 0 Å². The molecule has 1 amide bonds. The molecule has 0 aromatic heterocycles. The Hall–Kier alpha value is -0.810. The highest BCUT2D eigenvalue weighted by molar-refractivity contribution is 5.68. The Bertz CT molecular complexity index is 295. The molecule has 0 unspecified atom stereocenters. The minimum atomic E-state index is -0.434. The van der Waals surface area contributed by atoms with E-state index in [1.807, 2.05) is 20.8 Å². The van der Waals surface area contributed by atoms with Crippen molar-refractivity contribution in [1.82, 2.24) is 4.90 Å². The van der Waals surface area contributed by atoms with Gasteiger partial charge in [0.05, 0.1) is 25.4 Å². The average Bonchev–Trinajstić information content (AvgIpc) is 2.28. The van der Waals surface area contributed by atoms with Gasteiger partial charge in [-0.3, -0.25) is 0 Å². The average molecular weight is 257 g/mol. The lowest BCUT2D eigenvalue weighted by Crippen LogP contribution is -2.53. The standard InChI is InChI=1S/C13H23NO4/c1-12(2,3)18-11(15)14-6-4-13(5-7-14)10-16-8-9-17-13/h4-10H2,1-3H3. The summed E-state index contributed by atoms with van der Waals surface area (Å²) < 4.78 is 16.7. The molecule has 2 saturated heterocycles. The van der Waals surface area contributed by atoms with E-state index in [0.29, 0.717) is 32.9 Å². The molecule has 104 valence electrons. The Morgan fingerprint density at radius 2 is 1.89 bits per heavy atom. The number of hydrogen-bond acceptors (Lipinski definition) is 4. The zero-order chi connectivity index (χ0) is 13.2. The van der Waals surface area contributed by atoms with E-state index in [-0.39, 0.29) is 11.7 Å². The van der Waals surface area contributed by atoms with Gasteiger partial charge in [-0.25, -0.2) is 4.79 Å². The van der Waals surface area contributed by atoms with Crippen LogP contribution in [-0.2, 0) is 14.2 Å². The molecular weight excluding hydrogens is 234 g/mol. The summed E-state index contributed by atoms with van der Waals surface area (Å²) in [6, 6.07) is 0. The maximum absolute atomic E-state index is 11.9. The van der Waals surface area contributed by atoms with Crippen LogP contribution >= 0.6 is 0 Å². The zero-order valence-electron chi connectivity index (χ0n) is 11.5. The summed E-state index contributed by atoms with van der Waals surface area (Å²) in [4.78, 5) is 13.7. The van der Waals surface area contributed by atoms with Crippen LogP contribution in [0.15, 0.2) is 0 Å². The number of hydrogen-bond donors (Lipinski definition) is 0. The predicted octanol–water partition coefficient (Wildman–Crippen LogP) is 1.80. The Kier molecular flexibility index (Phi) is 3.82. The Morgan fingerprint density at radius 1 is 1.22 bits per heavy atom. The van der Waals surface area contributed by atoms with Crippen molar-refractivity contribution in [3.8, 4) is 0 Å². The van der Waals surface area contributed by atoms with Gasteiger partial charge in [-0.1, -0.05) is 0 Å². The van der Waals surface area contributed by atoms with Crippen molar-refractivity contribution < 1.29 is 19.0 Å². The molecule has 1 spiro atoms. The van der Waals surface area contributed by atoms with Gasteiger partial charge in [-0.05, 0) is 33.6 Å². The maximum Gasteiger partial charge on any atom is 0.410 e. The highest BCUT2D eigenvalue weighted by atomic mass is 16.6. The number of carbonyl (C=O) groups is 1. The second-order valence-corrected chi connectivity index (χ2v) is 6.05. The fourth-order valence-corrected chi connectivity index (χ4v) is 2.33. The van der Waals surface area contributed by atoms with Gasteiger partial charge >= 0.3 is 6.09 Å². The molecule has 18 heavy (non-hydrogen) atoms. The topological polar surface area (TPSA) is 48.0 Å². The molecule has 2 fully saturated rings. The Labute approximate surface area is 108 Å². The third kappa shape index (κ3) is 3.36. The lowest BCUT2D eigenvalue weighted by molar-refractivity contribution is -0.175. The van der Waals surface area contributed by atoms with Crippen molar-refractivity contribution in [2.75, 3.05) is 32.9 Å². The fraction of sp³-hybridized carbons (Fsp3) is 0.923. The van der Waals surface area contributed by atoms with Gasteiger partial charge in [0, 0.05) is 13.1 Å². The van der Waals surface area contributed by atoms with Crippen molar-refractivity contribution in [3.05, 3.63) is 0 Å². The third-order valence-corrected chi connectivity index (χ3v) is 3.33. The van der Waals surface area contributed by atoms with Gasteiger partial charge in [-0.15, -0.1) is 0 Å². The van der Waals surface area contributed by atoms with E-state index >= 15 is 0 Å². The minimum Gasteiger partial charge on any atom is -0.444 e. The van der Waals surface area contributed by atoms with Gasteiger partial charge in [0.2, 0.25) is 0 Å².